The van der Waals surface area contributed by atoms with Crippen LogP contribution in [0.2, 0.25) is 0 Å². The molecule has 2 N–H and O–H groups in total. The fourth-order valence-electron chi connectivity index (χ4n) is 5.29. The average Bonchev–Trinajstić information content (AvgIpc) is 3.03. The zero-order chi connectivity index (χ0) is 33.8. The van der Waals surface area contributed by atoms with Crippen LogP contribution in [0.4, 0.5) is 0 Å². The van der Waals surface area contributed by atoms with Gasteiger partial charge in [-0.3, -0.25) is 9.59 Å². The maximum atomic E-state index is 12.6. The van der Waals surface area contributed by atoms with Gasteiger partial charge in [0.25, 0.3) is 0 Å². The summed E-state index contributed by atoms with van der Waals surface area (Å²) in [4.78, 5) is 27.3. The lowest BCUT2D eigenvalue weighted by atomic mass is 10.1. The van der Waals surface area contributed by atoms with E-state index >= 15 is 0 Å². The minimum atomic E-state index is -0.293. The summed E-state index contributed by atoms with van der Waals surface area (Å²) in [7, 11) is 4.04. The van der Waals surface area contributed by atoms with E-state index in [9.17, 15) is 9.59 Å². The van der Waals surface area contributed by atoms with Crippen molar-refractivity contribution in [1.29, 1.82) is 0 Å². The van der Waals surface area contributed by atoms with Crippen LogP contribution in [0.15, 0.2) is 48.6 Å². The van der Waals surface area contributed by atoms with E-state index < -0.39 is 0 Å². The molecule has 5 nitrogen and oxygen atoms in total. The van der Waals surface area contributed by atoms with Gasteiger partial charge in [0.1, 0.15) is 6.17 Å². The number of allylic oxidation sites excluding steroid dienone is 8. The molecule has 0 rings (SSSR count). The van der Waals surface area contributed by atoms with Crippen LogP contribution in [0.25, 0.3) is 0 Å². The molecule has 0 spiro atoms. The van der Waals surface area contributed by atoms with Gasteiger partial charge >= 0.3 is 0 Å². The van der Waals surface area contributed by atoms with Gasteiger partial charge in [-0.05, 0) is 97.6 Å². The van der Waals surface area contributed by atoms with E-state index in [0.717, 1.165) is 64.3 Å². The molecule has 0 fully saturated rings. The van der Waals surface area contributed by atoms with Crippen LogP contribution >= 0.6 is 0 Å². The molecule has 0 heterocycles. The van der Waals surface area contributed by atoms with Gasteiger partial charge in [-0.25, -0.2) is 0 Å². The molecule has 0 bridgehead atoms. The molecule has 0 saturated carbocycles. The van der Waals surface area contributed by atoms with Crippen molar-refractivity contribution < 1.29 is 9.59 Å². The zero-order valence-electron chi connectivity index (χ0n) is 30.8. The van der Waals surface area contributed by atoms with Gasteiger partial charge in [0.05, 0.1) is 0 Å². The first-order chi connectivity index (χ1) is 22.5. The predicted octanol–water partition coefficient (Wildman–Crippen LogP) is 11.1. The van der Waals surface area contributed by atoms with Crippen molar-refractivity contribution in [3.05, 3.63) is 48.6 Å². The van der Waals surface area contributed by atoms with Gasteiger partial charge in [0.2, 0.25) is 11.8 Å². The molecule has 2 amide bonds. The molecule has 0 radical (unpaired) electrons. The summed E-state index contributed by atoms with van der Waals surface area (Å²) >= 11 is 0. The summed E-state index contributed by atoms with van der Waals surface area (Å²) < 4.78 is 0. The van der Waals surface area contributed by atoms with Crippen LogP contribution in [0, 0.1) is 0 Å². The summed E-state index contributed by atoms with van der Waals surface area (Å²) in [5, 5.41) is 6.17. The molecular formula is C41H75N3O2. The van der Waals surface area contributed by atoms with Gasteiger partial charge in [0, 0.05) is 19.4 Å². The SMILES string of the molecule is CCCCC/C=C\C/C=C\CCCCCCCC(=O)NC(CCN(C)C)NC(=O)CCCCCCC/C=C\C/C=C\CCCCC. The summed E-state index contributed by atoms with van der Waals surface area (Å²) in [5.74, 6) is 0.0959. The highest BCUT2D eigenvalue weighted by atomic mass is 16.2. The molecule has 0 saturated heterocycles. The van der Waals surface area contributed by atoms with E-state index in [1.807, 2.05) is 14.1 Å². The number of unbranched alkanes of at least 4 members (excludes halogenated alkanes) is 16. The van der Waals surface area contributed by atoms with Gasteiger partial charge in [-0.15, -0.1) is 0 Å². The Morgan fingerprint density at radius 2 is 0.848 bits per heavy atom. The van der Waals surface area contributed by atoms with Crippen molar-refractivity contribution in [2.75, 3.05) is 20.6 Å². The second-order valence-electron chi connectivity index (χ2n) is 13.2. The van der Waals surface area contributed by atoms with Crippen molar-refractivity contribution in [3.8, 4) is 0 Å². The topological polar surface area (TPSA) is 61.4 Å². The Hall–Kier alpha value is -2.14. The number of amides is 2. The average molecular weight is 642 g/mol. The minimum Gasteiger partial charge on any atom is -0.336 e. The lowest BCUT2D eigenvalue weighted by molar-refractivity contribution is -0.124. The molecule has 0 aromatic carbocycles. The molecule has 5 heteroatoms. The normalized spacial score (nSPS) is 12.2. The Morgan fingerprint density at radius 3 is 1.22 bits per heavy atom. The van der Waals surface area contributed by atoms with E-state index in [1.54, 1.807) is 0 Å². The summed E-state index contributed by atoms with van der Waals surface area (Å²) in [5.41, 5.74) is 0. The van der Waals surface area contributed by atoms with Gasteiger partial charge < -0.3 is 15.5 Å². The number of nitrogens with zero attached hydrogens (tertiary/aromatic N) is 1. The third-order valence-corrected chi connectivity index (χ3v) is 8.24. The molecule has 266 valence electrons. The maximum absolute atomic E-state index is 12.6. The highest BCUT2D eigenvalue weighted by molar-refractivity contribution is 5.79. The summed E-state index contributed by atoms with van der Waals surface area (Å²) in [6.45, 7) is 5.31. The fourth-order valence-corrected chi connectivity index (χ4v) is 5.29. The molecule has 0 aromatic heterocycles. The van der Waals surface area contributed by atoms with Crippen molar-refractivity contribution in [2.45, 2.75) is 181 Å². The lowest BCUT2D eigenvalue weighted by Gasteiger charge is -2.22. The molecule has 0 aliphatic carbocycles. The first kappa shape index (κ1) is 43.9. The Balaban J connectivity index is 3.95. The lowest BCUT2D eigenvalue weighted by Crippen LogP contribution is -2.49. The van der Waals surface area contributed by atoms with Gasteiger partial charge in [0.15, 0.2) is 0 Å². The number of rotatable bonds is 33. The third kappa shape index (κ3) is 34.7. The highest BCUT2D eigenvalue weighted by Gasteiger charge is 2.15. The van der Waals surface area contributed by atoms with E-state index in [2.05, 4.69) is 78.0 Å². The second kappa shape index (κ2) is 35.7. The Kier molecular flexibility index (Phi) is 34.0. The van der Waals surface area contributed by atoms with Crippen LogP contribution in [-0.4, -0.2) is 43.5 Å². The fraction of sp³-hybridized carbons (Fsp3) is 0.756. The number of nitrogens with one attached hydrogen (secondary N) is 2. The highest BCUT2D eigenvalue weighted by Crippen LogP contribution is 2.10. The molecule has 46 heavy (non-hydrogen) atoms. The van der Waals surface area contributed by atoms with E-state index in [0.29, 0.717) is 12.8 Å². The summed E-state index contributed by atoms with van der Waals surface area (Å²) in [6.07, 6.45) is 45.7. The minimum absolute atomic E-state index is 0.0479. The Bertz CT molecular complexity index is 740. The maximum Gasteiger partial charge on any atom is 0.221 e. The quantitative estimate of drug-likeness (QED) is 0.0426. The Morgan fingerprint density at radius 1 is 0.500 bits per heavy atom. The molecule has 0 aromatic rings. The molecular weight excluding hydrogens is 566 g/mol. The van der Waals surface area contributed by atoms with Crippen molar-refractivity contribution in [1.82, 2.24) is 15.5 Å². The largest absolute Gasteiger partial charge is 0.336 e. The van der Waals surface area contributed by atoms with E-state index in [1.165, 1.54) is 89.9 Å². The van der Waals surface area contributed by atoms with Crippen LogP contribution in [-0.2, 0) is 9.59 Å². The first-order valence-electron chi connectivity index (χ1n) is 19.3. The number of carbonyl (C=O) groups is 2. The van der Waals surface area contributed by atoms with Crippen molar-refractivity contribution in [2.24, 2.45) is 0 Å². The standard InChI is InChI=1S/C41H75N3O2/c1-5-7-9-11-13-15-17-19-21-23-25-27-29-31-33-35-40(45)42-39(37-38-44(3)4)43-41(46)36-34-32-30-28-26-24-22-20-18-16-14-12-10-8-6-2/h13-16,19-22,39H,5-12,17-18,23-38H2,1-4H3,(H,42,45)(H,43,46)/b15-13-,16-14-,21-19-,22-20-. The van der Waals surface area contributed by atoms with Crippen LogP contribution in [0.1, 0.15) is 174 Å². The first-order valence-corrected chi connectivity index (χ1v) is 19.3. The number of carbonyl (C=O) groups excluding carboxylic acids is 2. The smallest absolute Gasteiger partial charge is 0.221 e. The molecule has 0 aliphatic heterocycles. The Labute approximate surface area is 286 Å². The number of hydrogen-bond donors (Lipinski definition) is 2. The van der Waals surface area contributed by atoms with Crippen LogP contribution in [0.5, 0.6) is 0 Å². The van der Waals surface area contributed by atoms with Crippen LogP contribution < -0.4 is 10.6 Å². The monoisotopic (exact) mass is 642 g/mol. The van der Waals surface area contributed by atoms with E-state index in [4.69, 9.17) is 0 Å². The predicted molar refractivity (Wildman–Crippen MR) is 202 cm³/mol. The second-order valence-corrected chi connectivity index (χ2v) is 13.2. The van der Waals surface area contributed by atoms with Gasteiger partial charge in [-0.2, -0.15) is 0 Å². The number of hydrogen-bond acceptors (Lipinski definition) is 3. The molecule has 0 aliphatic rings. The van der Waals surface area contributed by atoms with Crippen molar-refractivity contribution in [3.63, 3.8) is 0 Å². The van der Waals surface area contributed by atoms with Crippen LogP contribution in [0.3, 0.4) is 0 Å². The van der Waals surface area contributed by atoms with Crippen molar-refractivity contribution >= 4 is 11.8 Å². The molecule has 0 unspecified atom stereocenters. The van der Waals surface area contributed by atoms with Gasteiger partial charge in [-0.1, -0.05) is 127 Å². The zero-order valence-corrected chi connectivity index (χ0v) is 30.8. The summed E-state index contributed by atoms with van der Waals surface area (Å²) in [6, 6.07) is 0. The van der Waals surface area contributed by atoms with E-state index in [-0.39, 0.29) is 18.0 Å². The molecule has 0 atom stereocenters. The third-order valence-electron chi connectivity index (χ3n) is 8.24.